The van der Waals surface area contributed by atoms with Crippen LogP contribution in [0, 0.1) is 0 Å². The maximum absolute atomic E-state index is 12.8. The summed E-state index contributed by atoms with van der Waals surface area (Å²) in [4.78, 5) is 20.8. The molecule has 0 spiro atoms. The van der Waals surface area contributed by atoms with Gasteiger partial charge in [-0.05, 0) is 36.4 Å². The van der Waals surface area contributed by atoms with Gasteiger partial charge in [0.15, 0.2) is 11.6 Å². The number of hydrogen-bond donors (Lipinski definition) is 0. The highest BCUT2D eigenvalue weighted by atomic mass is 16.5. The molecule has 3 aromatic heterocycles. The second-order valence-electron chi connectivity index (χ2n) is 6.18. The zero-order valence-electron chi connectivity index (χ0n) is 15.0. The van der Waals surface area contributed by atoms with Crippen molar-refractivity contribution in [1.29, 1.82) is 0 Å². The Kier molecular flexibility index (Phi) is 4.69. The fourth-order valence-corrected chi connectivity index (χ4v) is 3.14. The highest BCUT2D eigenvalue weighted by Gasteiger charge is 2.25. The van der Waals surface area contributed by atoms with Gasteiger partial charge in [-0.25, -0.2) is 4.98 Å². The molecule has 0 bridgehead atoms. The van der Waals surface area contributed by atoms with E-state index in [9.17, 15) is 4.79 Å². The largest absolute Gasteiger partial charge is 0.480 e. The number of pyridine rings is 1. The molecule has 1 fully saturated rings. The molecule has 0 aliphatic carbocycles. The number of piperazine rings is 1. The van der Waals surface area contributed by atoms with Crippen molar-refractivity contribution in [2.24, 2.45) is 0 Å². The van der Waals surface area contributed by atoms with Gasteiger partial charge in [0.25, 0.3) is 5.91 Å². The van der Waals surface area contributed by atoms with E-state index in [0.717, 1.165) is 11.6 Å². The predicted octanol–water partition coefficient (Wildman–Crippen LogP) is 1.63. The first-order valence-corrected chi connectivity index (χ1v) is 8.76. The minimum atomic E-state index is -0.0614. The van der Waals surface area contributed by atoms with Gasteiger partial charge >= 0.3 is 0 Å². The van der Waals surface area contributed by atoms with Crippen LogP contribution in [0.5, 0.6) is 5.88 Å². The third kappa shape index (κ3) is 3.46. The Balaban J connectivity index is 1.41. The van der Waals surface area contributed by atoms with Gasteiger partial charge in [-0.3, -0.25) is 4.79 Å². The third-order valence-corrected chi connectivity index (χ3v) is 4.59. The van der Waals surface area contributed by atoms with Crippen LogP contribution in [0.4, 0.5) is 5.82 Å². The number of amides is 1. The maximum atomic E-state index is 12.8. The van der Waals surface area contributed by atoms with Crippen molar-refractivity contribution < 1.29 is 9.53 Å². The van der Waals surface area contributed by atoms with Gasteiger partial charge < -0.3 is 19.1 Å². The van der Waals surface area contributed by atoms with E-state index < -0.39 is 0 Å². The van der Waals surface area contributed by atoms with Crippen LogP contribution in [0.25, 0.3) is 5.82 Å². The van der Waals surface area contributed by atoms with Crippen LogP contribution >= 0.6 is 0 Å². The average molecular weight is 364 g/mol. The number of methoxy groups -OCH3 is 1. The van der Waals surface area contributed by atoms with E-state index in [4.69, 9.17) is 4.74 Å². The summed E-state index contributed by atoms with van der Waals surface area (Å²) in [6.45, 7) is 2.62. The number of rotatable bonds is 4. The van der Waals surface area contributed by atoms with Crippen molar-refractivity contribution in [2.75, 3.05) is 38.2 Å². The van der Waals surface area contributed by atoms with Gasteiger partial charge in [-0.1, -0.05) is 0 Å². The van der Waals surface area contributed by atoms with E-state index in [1.807, 2.05) is 46.1 Å². The molecule has 1 saturated heterocycles. The number of carbonyl (C=O) groups excluding carboxylic acids is 1. The van der Waals surface area contributed by atoms with Crippen molar-refractivity contribution in [2.45, 2.75) is 0 Å². The van der Waals surface area contributed by atoms with Crippen molar-refractivity contribution in [1.82, 2.24) is 24.6 Å². The second-order valence-corrected chi connectivity index (χ2v) is 6.18. The molecule has 0 saturated carbocycles. The van der Waals surface area contributed by atoms with Crippen LogP contribution in [0.3, 0.4) is 0 Å². The Morgan fingerprint density at radius 2 is 1.67 bits per heavy atom. The first-order chi connectivity index (χ1) is 13.3. The van der Waals surface area contributed by atoms with Gasteiger partial charge in [0, 0.05) is 44.8 Å². The summed E-state index contributed by atoms with van der Waals surface area (Å²) in [6, 6.07) is 11.3. The molecule has 3 aromatic rings. The zero-order valence-corrected chi connectivity index (χ0v) is 15.0. The first-order valence-electron chi connectivity index (χ1n) is 8.76. The molecule has 0 N–H and O–H groups in total. The molecule has 138 valence electrons. The summed E-state index contributed by atoms with van der Waals surface area (Å²) < 4.78 is 7.11. The third-order valence-electron chi connectivity index (χ3n) is 4.59. The summed E-state index contributed by atoms with van der Waals surface area (Å²) in [5, 5.41) is 8.62. The van der Waals surface area contributed by atoms with Crippen LogP contribution in [-0.4, -0.2) is 63.8 Å². The highest BCUT2D eigenvalue weighted by Crippen LogP contribution is 2.19. The van der Waals surface area contributed by atoms with Gasteiger partial charge in [-0.15, -0.1) is 10.2 Å². The lowest BCUT2D eigenvalue weighted by molar-refractivity contribution is 0.0742. The topological polar surface area (TPSA) is 76.4 Å². The predicted molar refractivity (Wildman–Crippen MR) is 100 cm³/mol. The van der Waals surface area contributed by atoms with Crippen LogP contribution in [0.1, 0.15) is 10.4 Å². The smallest absolute Gasteiger partial charge is 0.259 e. The standard InChI is InChI=1S/C19H20N6O2/c1-27-18-15(5-4-8-20-18)19(26)25-13-11-24(12-14-25)17-7-6-16(21-22-17)23-9-2-3-10-23/h2-10H,11-14H2,1H3. The van der Waals surface area contributed by atoms with Gasteiger partial charge in [-0.2, -0.15) is 0 Å². The average Bonchev–Trinajstić information content (AvgIpc) is 3.28. The molecule has 4 rings (SSSR count). The molecule has 1 aliphatic heterocycles. The maximum Gasteiger partial charge on any atom is 0.259 e. The molecule has 8 nitrogen and oxygen atoms in total. The Hall–Kier alpha value is -3.42. The minimum absolute atomic E-state index is 0.0614. The Morgan fingerprint density at radius 1 is 0.963 bits per heavy atom. The molecular weight excluding hydrogens is 344 g/mol. The molecular formula is C19H20N6O2. The first kappa shape index (κ1) is 17.0. The van der Waals surface area contributed by atoms with E-state index in [2.05, 4.69) is 20.1 Å². The van der Waals surface area contributed by atoms with Crippen molar-refractivity contribution in [3.8, 4) is 11.7 Å². The number of nitrogens with zero attached hydrogens (tertiary/aromatic N) is 6. The van der Waals surface area contributed by atoms with E-state index in [1.165, 1.54) is 7.11 Å². The lowest BCUT2D eigenvalue weighted by atomic mass is 10.2. The van der Waals surface area contributed by atoms with Crippen LogP contribution in [0.15, 0.2) is 55.0 Å². The van der Waals surface area contributed by atoms with Crippen molar-refractivity contribution >= 4 is 11.7 Å². The fourth-order valence-electron chi connectivity index (χ4n) is 3.14. The van der Waals surface area contributed by atoms with Gasteiger partial charge in [0.05, 0.1) is 7.11 Å². The molecule has 0 atom stereocenters. The zero-order chi connectivity index (χ0) is 18.6. The van der Waals surface area contributed by atoms with Crippen LogP contribution in [0.2, 0.25) is 0 Å². The highest BCUT2D eigenvalue weighted by molar-refractivity contribution is 5.96. The molecule has 8 heteroatoms. The van der Waals surface area contributed by atoms with Gasteiger partial charge in [0.2, 0.25) is 5.88 Å². The molecule has 0 aromatic carbocycles. The van der Waals surface area contributed by atoms with Crippen LogP contribution in [-0.2, 0) is 0 Å². The van der Waals surface area contributed by atoms with Gasteiger partial charge in [0.1, 0.15) is 5.56 Å². The van der Waals surface area contributed by atoms with Crippen LogP contribution < -0.4 is 9.64 Å². The van der Waals surface area contributed by atoms with E-state index in [0.29, 0.717) is 37.6 Å². The SMILES string of the molecule is COc1ncccc1C(=O)N1CCN(c2ccc(-n3cccc3)nn2)CC1. The molecule has 1 amide bonds. The normalized spacial score (nSPS) is 14.3. The summed E-state index contributed by atoms with van der Waals surface area (Å²) in [5.41, 5.74) is 0.490. The Labute approximate surface area is 157 Å². The molecule has 4 heterocycles. The lowest BCUT2D eigenvalue weighted by Crippen LogP contribution is -2.49. The minimum Gasteiger partial charge on any atom is -0.480 e. The fraction of sp³-hybridized carbons (Fsp3) is 0.263. The summed E-state index contributed by atoms with van der Waals surface area (Å²) in [5.74, 6) is 1.89. The Morgan fingerprint density at radius 3 is 2.33 bits per heavy atom. The summed E-state index contributed by atoms with van der Waals surface area (Å²) in [7, 11) is 1.52. The number of hydrogen-bond acceptors (Lipinski definition) is 6. The lowest BCUT2D eigenvalue weighted by Gasteiger charge is -2.35. The second kappa shape index (κ2) is 7.45. The number of ether oxygens (including phenoxy) is 1. The summed E-state index contributed by atoms with van der Waals surface area (Å²) in [6.07, 6.45) is 5.48. The molecule has 27 heavy (non-hydrogen) atoms. The molecule has 0 unspecified atom stereocenters. The Bertz CT molecular complexity index is 902. The summed E-state index contributed by atoms with van der Waals surface area (Å²) >= 11 is 0. The van der Waals surface area contributed by atoms with E-state index >= 15 is 0 Å². The van der Waals surface area contributed by atoms with Crippen molar-refractivity contribution in [3.63, 3.8) is 0 Å². The number of aromatic nitrogens is 4. The molecule has 0 radical (unpaired) electrons. The quantitative estimate of drug-likeness (QED) is 0.700. The van der Waals surface area contributed by atoms with E-state index in [1.54, 1.807) is 18.3 Å². The monoisotopic (exact) mass is 364 g/mol. The van der Waals surface area contributed by atoms with E-state index in [-0.39, 0.29) is 5.91 Å². The number of anilines is 1. The molecule has 1 aliphatic rings. The number of carbonyl (C=O) groups is 1. The van der Waals surface area contributed by atoms with Crippen molar-refractivity contribution in [3.05, 3.63) is 60.6 Å².